The van der Waals surface area contributed by atoms with Crippen molar-refractivity contribution < 1.29 is 9.13 Å². The number of nitrogens with one attached hydrogen (secondary N) is 1. The van der Waals surface area contributed by atoms with E-state index in [2.05, 4.69) is 22.3 Å². The van der Waals surface area contributed by atoms with Crippen LogP contribution in [-0.4, -0.2) is 44.9 Å². The van der Waals surface area contributed by atoms with Gasteiger partial charge in [0.25, 0.3) is 0 Å². The number of benzene rings is 2. The minimum Gasteiger partial charge on any atom is -0.497 e. The first kappa shape index (κ1) is 20.0. The van der Waals surface area contributed by atoms with E-state index in [1.165, 1.54) is 0 Å². The van der Waals surface area contributed by atoms with Gasteiger partial charge in [-0.15, -0.1) is 24.8 Å². The van der Waals surface area contributed by atoms with Gasteiger partial charge in [0.15, 0.2) is 0 Å². The van der Waals surface area contributed by atoms with E-state index in [1.54, 1.807) is 7.11 Å². The fraction of sp³-hybridized carbons (Fsp3) is 0.412. The molecule has 2 aromatic carbocycles. The van der Waals surface area contributed by atoms with Crippen LogP contribution in [0.2, 0.25) is 0 Å². The number of fused-ring (bicyclic) bond motifs is 1. The van der Waals surface area contributed by atoms with Gasteiger partial charge in [0.2, 0.25) is 0 Å². The van der Waals surface area contributed by atoms with Crippen molar-refractivity contribution in [1.29, 1.82) is 0 Å². The summed E-state index contributed by atoms with van der Waals surface area (Å²) in [6.07, 6.45) is 0. The minimum absolute atomic E-state index is 0. The summed E-state index contributed by atoms with van der Waals surface area (Å²) in [5, 5.41) is 5.56. The number of methoxy groups -OCH3 is 1. The van der Waals surface area contributed by atoms with Crippen LogP contribution in [0, 0.1) is 0 Å². The van der Waals surface area contributed by atoms with Gasteiger partial charge in [0.05, 0.1) is 13.2 Å². The van der Waals surface area contributed by atoms with Gasteiger partial charge < -0.3 is 10.1 Å². The molecule has 1 aliphatic rings. The molecule has 0 aliphatic carbocycles. The number of nitrogens with zero attached hydrogens (tertiary/aromatic N) is 1. The van der Waals surface area contributed by atoms with Crippen LogP contribution in [0.15, 0.2) is 36.4 Å². The van der Waals surface area contributed by atoms with E-state index >= 15 is 0 Å². The first-order chi connectivity index (χ1) is 10.3. The number of alkyl halides is 1. The molecule has 6 heteroatoms. The molecule has 1 saturated heterocycles. The maximum Gasteiger partial charge on any atom is 0.119 e. The number of piperazine rings is 1. The lowest BCUT2D eigenvalue weighted by Gasteiger charge is -2.33. The molecule has 0 radical (unpaired) electrons. The monoisotopic (exact) mass is 360 g/mol. The predicted octanol–water partition coefficient (Wildman–Crippen LogP) is 3.61. The van der Waals surface area contributed by atoms with Crippen molar-refractivity contribution in [3.05, 3.63) is 42.0 Å². The molecule has 3 nitrogen and oxygen atoms in total. The molecule has 0 bridgehead atoms. The molecule has 0 amide bonds. The molecule has 3 rings (SSSR count). The predicted molar refractivity (Wildman–Crippen MR) is 98.2 cm³/mol. The summed E-state index contributed by atoms with van der Waals surface area (Å²) >= 11 is 0. The molecule has 128 valence electrons. The number of halogens is 3. The van der Waals surface area contributed by atoms with Crippen molar-refractivity contribution in [2.24, 2.45) is 0 Å². The quantitative estimate of drug-likeness (QED) is 0.901. The lowest BCUT2D eigenvalue weighted by molar-refractivity contribution is 0.147. The van der Waals surface area contributed by atoms with Crippen molar-refractivity contribution in [3.8, 4) is 5.75 Å². The summed E-state index contributed by atoms with van der Waals surface area (Å²) in [6, 6.07) is 12.0. The lowest BCUT2D eigenvalue weighted by Crippen LogP contribution is -2.45. The van der Waals surface area contributed by atoms with Crippen LogP contribution in [0.1, 0.15) is 11.6 Å². The van der Waals surface area contributed by atoms with E-state index in [0.29, 0.717) is 0 Å². The van der Waals surface area contributed by atoms with E-state index in [1.807, 2.05) is 24.3 Å². The second-order valence-corrected chi connectivity index (χ2v) is 5.43. The Hall–Kier alpha value is -1.07. The summed E-state index contributed by atoms with van der Waals surface area (Å²) in [5.41, 5.74) is 1.05. The van der Waals surface area contributed by atoms with Gasteiger partial charge in [-0.2, -0.15) is 0 Å². The first-order valence-electron chi connectivity index (χ1n) is 7.40. The maximum atomic E-state index is 13.6. The number of rotatable bonds is 4. The molecule has 0 saturated carbocycles. The molecule has 0 aromatic heterocycles. The van der Waals surface area contributed by atoms with Crippen molar-refractivity contribution in [2.75, 3.05) is 40.0 Å². The van der Waals surface area contributed by atoms with Crippen LogP contribution >= 0.6 is 24.8 Å². The van der Waals surface area contributed by atoms with Crippen molar-refractivity contribution >= 4 is 35.6 Å². The van der Waals surface area contributed by atoms with Crippen molar-refractivity contribution in [1.82, 2.24) is 10.2 Å². The summed E-state index contributed by atoms with van der Waals surface area (Å²) in [7, 11) is 1.67. The molecule has 1 atom stereocenters. The molecule has 1 heterocycles. The van der Waals surface area contributed by atoms with Crippen LogP contribution in [-0.2, 0) is 0 Å². The van der Waals surface area contributed by atoms with Crippen LogP contribution < -0.4 is 10.1 Å². The molecular weight excluding hydrogens is 338 g/mol. The van der Waals surface area contributed by atoms with Gasteiger partial charge in [-0.25, -0.2) is 4.39 Å². The normalized spacial score (nSPS) is 16.3. The van der Waals surface area contributed by atoms with Crippen molar-refractivity contribution in [2.45, 2.75) is 6.04 Å². The molecule has 2 aromatic rings. The number of hydrogen-bond acceptors (Lipinski definition) is 3. The molecule has 1 N–H and O–H groups in total. The average Bonchev–Trinajstić information content (AvgIpc) is 2.56. The first-order valence-corrected chi connectivity index (χ1v) is 7.40. The SMILES string of the molecule is COc1ccc2cc([C@@H](CF)N3CCNCC3)ccc2c1.Cl.Cl. The van der Waals surface area contributed by atoms with E-state index in [-0.39, 0.29) is 37.5 Å². The molecule has 1 fully saturated rings. The van der Waals surface area contributed by atoms with Crippen LogP contribution in [0.3, 0.4) is 0 Å². The van der Waals surface area contributed by atoms with Gasteiger partial charge in [-0.1, -0.05) is 18.2 Å². The molecule has 0 unspecified atom stereocenters. The Labute approximate surface area is 149 Å². The van der Waals surface area contributed by atoms with Crippen LogP contribution in [0.5, 0.6) is 5.75 Å². The Bertz CT molecular complexity index is 621. The highest BCUT2D eigenvalue weighted by molar-refractivity contribution is 5.86. The average molecular weight is 361 g/mol. The minimum atomic E-state index is -0.346. The summed E-state index contributed by atoms with van der Waals surface area (Å²) in [4.78, 5) is 2.22. The van der Waals surface area contributed by atoms with Gasteiger partial charge in [-0.05, 0) is 34.5 Å². The highest BCUT2D eigenvalue weighted by Crippen LogP contribution is 2.27. The Kier molecular flexibility index (Phi) is 8.06. The Morgan fingerprint density at radius 3 is 2.39 bits per heavy atom. The second kappa shape index (κ2) is 9.28. The third kappa shape index (κ3) is 4.48. The highest BCUT2D eigenvalue weighted by atomic mass is 35.5. The molecule has 23 heavy (non-hydrogen) atoms. The smallest absolute Gasteiger partial charge is 0.119 e. The summed E-state index contributed by atoms with van der Waals surface area (Å²) < 4.78 is 18.8. The van der Waals surface area contributed by atoms with E-state index in [9.17, 15) is 4.39 Å². The maximum absolute atomic E-state index is 13.6. The zero-order valence-corrected chi connectivity index (χ0v) is 14.8. The third-order valence-corrected chi connectivity index (χ3v) is 4.19. The molecule has 1 aliphatic heterocycles. The van der Waals surface area contributed by atoms with Crippen molar-refractivity contribution in [3.63, 3.8) is 0 Å². The largest absolute Gasteiger partial charge is 0.497 e. The zero-order valence-electron chi connectivity index (χ0n) is 13.1. The van der Waals surface area contributed by atoms with E-state index < -0.39 is 0 Å². The number of ether oxygens (including phenoxy) is 1. The standard InChI is InChI=1S/C17H21FN2O.2ClH/c1-21-16-5-4-13-10-15(3-2-14(13)11-16)17(12-18)20-8-6-19-7-9-20;;/h2-5,10-11,17,19H,6-9,12H2,1H3;2*1H/t17-;;/m1../s1. The highest BCUT2D eigenvalue weighted by Gasteiger charge is 2.22. The second-order valence-electron chi connectivity index (χ2n) is 5.43. The number of hydrogen-bond donors (Lipinski definition) is 1. The lowest BCUT2D eigenvalue weighted by atomic mass is 10.0. The zero-order chi connectivity index (χ0) is 14.7. The molecular formula is C17H23Cl2FN2O. The van der Waals surface area contributed by atoms with Gasteiger partial charge in [-0.3, -0.25) is 4.90 Å². The van der Waals surface area contributed by atoms with E-state index in [4.69, 9.17) is 4.74 Å². The summed E-state index contributed by atoms with van der Waals surface area (Å²) in [6.45, 7) is 3.31. The third-order valence-electron chi connectivity index (χ3n) is 4.19. The fourth-order valence-electron chi connectivity index (χ4n) is 2.97. The Morgan fingerprint density at radius 1 is 1.09 bits per heavy atom. The van der Waals surface area contributed by atoms with E-state index in [0.717, 1.165) is 48.3 Å². The topological polar surface area (TPSA) is 24.5 Å². The van der Waals surface area contributed by atoms with Gasteiger partial charge in [0.1, 0.15) is 12.4 Å². The Morgan fingerprint density at radius 2 is 1.74 bits per heavy atom. The van der Waals surface area contributed by atoms with Gasteiger partial charge >= 0.3 is 0 Å². The van der Waals surface area contributed by atoms with Crippen LogP contribution in [0.4, 0.5) is 4.39 Å². The Balaban J connectivity index is 0.00000132. The van der Waals surface area contributed by atoms with Crippen LogP contribution in [0.25, 0.3) is 10.8 Å². The fourth-order valence-corrected chi connectivity index (χ4v) is 2.97. The molecule has 0 spiro atoms. The summed E-state index contributed by atoms with van der Waals surface area (Å²) in [5.74, 6) is 0.847. The van der Waals surface area contributed by atoms with Gasteiger partial charge in [0, 0.05) is 26.2 Å².